The lowest BCUT2D eigenvalue weighted by Gasteiger charge is -2.11. The molecule has 1 saturated carbocycles. The first-order valence-corrected chi connectivity index (χ1v) is 3.92. The van der Waals surface area contributed by atoms with E-state index < -0.39 is 12.3 Å². The Morgan fingerprint density at radius 2 is 2.25 bits per heavy atom. The van der Waals surface area contributed by atoms with Gasteiger partial charge in [-0.25, -0.2) is 14.6 Å². The summed E-state index contributed by atoms with van der Waals surface area (Å²) in [5.41, 5.74) is 2.20. The highest BCUT2D eigenvalue weighted by molar-refractivity contribution is 5.82. The van der Waals surface area contributed by atoms with Crippen molar-refractivity contribution in [1.29, 1.82) is 0 Å². The lowest BCUT2D eigenvalue weighted by molar-refractivity contribution is 0.0294. The average molecular weight is 177 g/mol. The van der Waals surface area contributed by atoms with E-state index in [2.05, 4.69) is 10.4 Å². The van der Waals surface area contributed by atoms with Gasteiger partial charge in [-0.15, -0.1) is 0 Å². The number of nitrogens with one attached hydrogen (secondary N) is 1. The Morgan fingerprint density at radius 1 is 1.67 bits per heavy atom. The molecule has 0 saturated heterocycles. The fourth-order valence-corrected chi connectivity index (χ4v) is 0.852. The first-order valence-electron chi connectivity index (χ1n) is 3.92. The lowest BCUT2D eigenvalue weighted by Crippen LogP contribution is -2.34. The summed E-state index contributed by atoms with van der Waals surface area (Å²) in [4.78, 5) is 3.99. The zero-order valence-electron chi connectivity index (χ0n) is 6.98. The van der Waals surface area contributed by atoms with Gasteiger partial charge >= 0.3 is 0 Å². The monoisotopic (exact) mass is 177 g/mol. The molecule has 0 unspecified atom stereocenters. The van der Waals surface area contributed by atoms with Crippen LogP contribution in [0.15, 0.2) is 4.99 Å². The summed E-state index contributed by atoms with van der Waals surface area (Å²) in [6.45, 7) is 0.854. The number of hydrogen-bond acceptors (Lipinski definition) is 2. The minimum absolute atomic E-state index is 0.199. The molecule has 0 aromatic heterocycles. The molecule has 1 aliphatic carbocycles. The summed E-state index contributed by atoms with van der Waals surface area (Å²) >= 11 is 0. The Balaban J connectivity index is 2.44. The first-order chi connectivity index (χ1) is 5.51. The molecule has 5 heteroatoms. The van der Waals surface area contributed by atoms with Crippen LogP contribution in [0.2, 0.25) is 0 Å². The van der Waals surface area contributed by atoms with Gasteiger partial charge in [0.1, 0.15) is 5.84 Å². The average Bonchev–Trinajstić information content (AvgIpc) is 2.67. The van der Waals surface area contributed by atoms with E-state index in [1.807, 2.05) is 0 Å². The SMILES string of the molecule is CC(F)(F)CC(=NC1CC1)NN. The first kappa shape index (κ1) is 9.38. The molecular weight excluding hydrogens is 164 g/mol. The molecule has 0 atom stereocenters. The Hall–Kier alpha value is -0.710. The largest absolute Gasteiger partial charge is 0.312 e. The molecule has 70 valence electrons. The van der Waals surface area contributed by atoms with Crippen LogP contribution in [0.3, 0.4) is 0 Å². The highest BCUT2D eigenvalue weighted by Gasteiger charge is 2.26. The van der Waals surface area contributed by atoms with Gasteiger partial charge in [0.2, 0.25) is 0 Å². The maximum absolute atomic E-state index is 12.5. The summed E-state index contributed by atoms with van der Waals surface area (Å²) in [6, 6.07) is 0.221. The molecule has 0 radical (unpaired) electrons. The Labute approximate surface area is 70.0 Å². The molecule has 0 aromatic rings. The van der Waals surface area contributed by atoms with Crippen LogP contribution >= 0.6 is 0 Å². The van der Waals surface area contributed by atoms with E-state index in [4.69, 9.17) is 5.84 Å². The third kappa shape index (κ3) is 3.61. The number of alkyl halides is 2. The van der Waals surface area contributed by atoms with Crippen molar-refractivity contribution in [3.05, 3.63) is 0 Å². The van der Waals surface area contributed by atoms with Crippen LogP contribution < -0.4 is 11.3 Å². The second-order valence-corrected chi connectivity index (χ2v) is 3.20. The van der Waals surface area contributed by atoms with Gasteiger partial charge in [-0.1, -0.05) is 0 Å². The number of nitrogens with zero attached hydrogens (tertiary/aromatic N) is 1. The molecule has 1 rings (SSSR count). The van der Waals surface area contributed by atoms with E-state index in [1.54, 1.807) is 0 Å². The van der Waals surface area contributed by atoms with Gasteiger partial charge in [0.25, 0.3) is 5.92 Å². The fourth-order valence-electron chi connectivity index (χ4n) is 0.852. The molecule has 0 amide bonds. The highest BCUT2D eigenvalue weighted by atomic mass is 19.3. The summed E-state index contributed by atoms with van der Waals surface area (Å²) in [5.74, 6) is 2.50. The third-order valence-corrected chi connectivity index (χ3v) is 1.53. The Bertz CT molecular complexity index is 182. The van der Waals surface area contributed by atoms with Crippen molar-refractivity contribution in [2.45, 2.75) is 38.2 Å². The van der Waals surface area contributed by atoms with E-state index >= 15 is 0 Å². The fraction of sp³-hybridized carbons (Fsp3) is 0.857. The molecule has 1 fully saturated rings. The normalized spacial score (nSPS) is 19.5. The number of nitrogens with two attached hydrogens (primary N) is 1. The minimum atomic E-state index is -2.74. The molecule has 0 spiro atoms. The molecule has 12 heavy (non-hydrogen) atoms. The van der Waals surface area contributed by atoms with Crippen LogP contribution in [0.4, 0.5) is 8.78 Å². The number of halogens is 2. The molecule has 0 bridgehead atoms. The highest BCUT2D eigenvalue weighted by Crippen LogP contribution is 2.25. The van der Waals surface area contributed by atoms with E-state index in [9.17, 15) is 8.78 Å². The second-order valence-electron chi connectivity index (χ2n) is 3.20. The lowest BCUT2D eigenvalue weighted by atomic mass is 10.2. The number of hydrazine groups is 1. The van der Waals surface area contributed by atoms with Crippen LogP contribution in [-0.4, -0.2) is 17.8 Å². The second kappa shape index (κ2) is 3.35. The van der Waals surface area contributed by atoms with Crippen molar-refractivity contribution in [3.63, 3.8) is 0 Å². The molecule has 0 aromatic carbocycles. The van der Waals surface area contributed by atoms with Crippen molar-refractivity contribution in [1.82, 2.24) is 5.43 Å². The standard InChI is InChI=1S/C7H13F2N3/c1-7(8,9)4-6(12-10)11-5-2-3-5/h5H,2-4,10H2,1H3,(H,11,12). The molecule has 0 aliphatic heterocycles. The van der Waals surface area contributed by atoms with Crippen molar-refractivity contribution in [3.8, 4) is 0 Å². The van der Waals surface area contributed by atoms with E-state index in [-0.39, 0.29) is 11.9 Å². The van der Waals surface area contributed by atoms with Gasteiger partial charge in [0.15, 0.2) is 0 Å². The zero-order valence-corrected chi connectivity index (χ0v) is 6.98. The van der Waals surface area contributed by atoms with Crippen LogP contribution in [0.1, 0.15) is 26.2 Å². The Kier molecular flexibility index (Phi) is 2.62. The van der Waals surface area contributed by atoms with Crippen LogP contribution in [0, 0.1) is 0 Å². The van der Waals surface area contributed by atoms with Gasteiger partial charge in [-0.05, 0) is 19.8 Å². The topological polar surface area (TPSA) is 50.4 Å². The maximum atomic E-state index is 12.5. The van der Waals surface area contributed by atoms with Crippen molar-refractivity contribution < 1.29 is 8.78 Å². The maximum Gasteiger partial charge on any atom is 0.252 e. The van der Waals surface area contributed by atoms with Gasteiger partial charge in [0, 0.05) is 0 Å². The zero-order chi connectivity index (χ0) is 9.19. The van der Waals surface area contributed by atoms with Gasteiger partial charge < -0.3 is 5.43 Å². The van der Waals surface area contributed by atoms with Gasteiger partial charge in [0.05, 0.1) is 12.5 Å². The quantitative estimate of drug-likeness (QED) is 0.293. The molecule has 0 heterocycles. The van der Waals surface area contributed by atoms with Crippen molar-refractivity contribution >= 4 is 5.84 Å². The molecule has 3 N–H and O–H groups in total. The number of rotatable bonds is 3. The van der Waals surface area contributed by atoms with Crippen molar-refractivity contribution in [2.24, 2.45) is 10.8 Å². The predicted molar refractivity (Wildman–Crippen MR) is 43.0 cm³/mol. The predicted octanol–water partition coefficient (Wildman–Crippen LogP) is 1.06. The molecule has 3 nitrogen and oxygen atoms in total. The van der Waals surface area contributed by atoms with Crippen LogP contribution in [0.5, 0.6) is 0 Å². The molecule has 1 aliphatic rings. The van der Waals surface area contributed by atoms with E-state index in [0.717, 1.165) is 19.8 Å². The van der Waals surface area contributed by atoms with Crippen LogP contribution in [-0.2, 0) is 0 Å². The number of amidine groups is 1. The summed E-state index contributed by atoms with van der Waals surface area (Å²) in [6.07, 6.45) is 1.57. The van der Waals surface area contributed by atoms with Gasteiger partial charge in [-0.3, -0.25) is 4.99 Å². The van der Waals surface area contributed by atoms with E-state index in [0.29, 0.717) is 0 Å². The number of aliphatic imine (C=N–C) groups is 1. The minimum Gasteiger partial charge on any atom is -0.312 e. The van der Waals surface area contributed by atoms with Crippen LogP contribution in [0.25, 0.3) is 0 Å². The van der Waals surface area contributed by atoms with E-state index in [1.165, 1.54) is 0 Å². The summed E-state index contributed by atoms with van der Waals surface area (Å²) < 4.78 is 24.9. The smallest absolute Gasteiger partial charge is 0.252 e. The van der Waals surface area contributed by atoms with Crippen molar-refractivity contribution in [2.75, 3.05) is 0 Å². The number of hydrogen-bond donors (Lipinski definition) is 2. The molecular formula is C7H13F2N3. The summed E-state index contributed by atoms with van der Waals surface area (Å²) in [5, 5.41) is 0. The Morgan fingerprint density at radius 3 is 2.58 bits per heavy atom. The van der Waals surface area contributed by atoms with Gasteiger partial charge in [-0.2, -0.15) is 0 Å². The summed E-state index contributed by atoms with van der Waals surface area (Å²) in [7, 11) is 0. The third-order valence-electron chi connectivity index (χ3n) is 1.53.